The molecule has 2 aliphatic rings. The van der Waals surface area contributed by atoms with Crippen LogP contribution >= 0.6 is 12.2 Å². The number of anilines is 1. The summed E-state index contributed by atoms with van der Waals surface area (Å²) in [6.45, 7) is 1.76. The number of hydrogen-bond donors (Lipinski definition) is 0. The van der Waals surface area contributed by atoms with Gasteiger partial charge in [0.1, 0.15) is 5.54 Å². The second kappa shape index (κ2) is 7.20. The van der Waals surface area contributed by atoms with E-state index >= 15 is 0 Å². The summed E-state index contributed by atoms with van der Waals surface area (Å²) in [7, 11) is -3.56. The van der Waals surface area contributed by atoms with E-state index in [1.54, 1.807) is 30.0 Å². The number of amides is 2. The average Bonchev–Trinajstić information content (AvgIpc) is 2.82. The zero-order chi connectivity index (χ0) is 19.8. The number of thiocarbonyl (C=S) groups is 1. The van der Waals surface area contributed by atoms with Crippen LogP contribution in [0.15, 0.2) is 29.2 Å². The largest absolute Gasteiger partial charge is 0.449 e. The summed E-state index contributed by atoms with van der Waals surface area (Å²) in [5.74, 6) is -0.436. The van der Waals surface area contributed by atoms with Gasteiger partial charge < -0.3 is 9.64 Å². The third-order valence-corrected chi connectivity index (χ3v) is 6.56. The van der Waals surface area contributed by atoms with Gasteiger partial charge in [0.05, 0.1) is 17.2 Å². The second-order valence-corrected chi connectivity index (χ2v) is 9.14. The molecule has 1 aliphatic carbocycles. The van der Waals surface area contributed by atoms with E-state index in [0.29, 0.717) is 18.5 Å². The van der Waals surface area contributed by atoms with Gasteiger partial charge in [-0.15, -0.1) is 0 Å². The molecule has 0 N–H and O–H groups in total. The zero-order valence-corrected chi connectivity index (χ0v) is 16.9. The Morgan fingerprint density at radius 2 is 1.85 bits per heavy atom. The highest BCUT2D eigenvalue weighted by Gasteiger charge is 2.58. The fraction of sp³-hybridized carbons (Fsp3) is 0.500. The summed E-state index contributed by atoms with van der Waals surface area (Å²) in [6.07, 6.45) is 3.86. The molecule has 0 unspecified atom stereocenters. The summed E-state index contributed by atoms with van der Waals surface area (Å²) in [5, 5.41) is -0.0311. The summed E-state index contributed by atoms with van der Waals surface area (Å²) in [4.78, 5) is 28.2. The smallest absolute Gasteiger partial charge is 0.423 e. The molecule has 27 heavy (non-hydrogen) atoms. The third kappa shape index (κ3) is 3.23. The Balaban J connectivity index is 2.19. The Kier molecular flexibility index (Phi) is 5.27. The molecule has 1 aromatic carbocycles. The van der Waals surface area contributed by atoms with Gasteiger partial charge in [-0.1, -0.05) is 31.4 Å². The molecule has 3 rings (SSSR count). The molecule has 0 aromatic heterocycles. The standard InChI is InChI=1S/C18H22N2O5S2/c1-3-25-17(22)19-15(21)18(11-7-4-8-12-18)20(16(19)26)13-9-5-6-10-14(13)27(2,23)24/h5-6,9-10H,3-4,7-8,11-12H2,1-2H3. The first-order valence-electron chi connectivity index (χ1n) is 8.88. The van der Waals surface area contributed by atoms with Crippen LogP contribution in [0.3, 0.4) is 0 Å². The van der Waals surface area contributed by atoms with Gasteiger partial charge in [0, 0.05) is 6.26 Å². The van der Waals surface area contributed by atoms with E-state index in [9.17, 15) is 18.0 Å². The minimum atomic E-state index is -3.56. The highest BCUT2D eigenvalue weighted by molar-refractivity contribution is 7.90. The predicted molar refractivity (Wildman–Crippen MR) is 104 cm³/mol. The van der Waals surface area contributed by atoms with E-state index in [0.717, 1.165) is 30.4 Å². The minimum absolute atomic E-state index is 0.0311. The van der Waals surface area contributed by atoms with Gasteiger partial charge >= 0.3 is 6.09 Å². The molecule has 1 saturated heterocycles. The Morgan fingerprint density at radius 3 is 2.44 bits per heavy atom. The topological polar surface area (TPSA) is 84.0 Å². The highest BCUT2D eigenvalue weighted by Crippen LogP contribution is 2.45. The van der Waals surface area contributed by atoms with Gasteiger partial charge in [0.2, 0.25) is 0 Å². The van der Waals surface area contributed by atoms with Gasteiger partial charge in [-0.2, -0.15) is 4.90 Å². The van der Waals surface area contributed by atoms with Crippen molar-refractivity contribution in [2.24, 2.45) is 0 Å². The number of hydrogen-bond acceptors (Lipinski definition) is 6. The first-order chi connectivity index (χ1) is 12.7. The van der Waals surface area contributed by atoms with E-state index in [1.807, 2.05) is 0 Å². The zero-order valence-electron chi connectivity index (χ0n) is 15.3. The number of imide groups is 1. The SMILES string of the molecule is CCOC(=O)N1C(=O)C2(CCCCC2)N(c2ccccc2S(C)(=O)=O)C1=S. The molecule has 1 heterocycles. The lowest BCUT2D eigenvalue weighted by Crippen LogP contribution is -2.51. The Labute approximate surface area is 164 Å². The third-order valence-electron chi connectivity index (χ3n) is 5.05. The summed E-state index contributed by atoms with van der Waals surface area (Å²) < 4.78 is 29.7. The van der Waals surface area contributed by atoms with Crippen molar-refractivity contribution in [1.82, 2.24) is 4.90 Å². The van der Waals surface area contributed by atoms with Crippen LogP contribution in [0.1, 0.15) is 39.0 Å². The maximum Gasteiger partial charge on any atom is 0.423 e. The molecule has 2 amide bonds. The number of sulfone groups is 1. The molecule has 1 spiro atoms. The van der Waals surface area contributed by atoms with Gasteiger partial charge in [0.15, 0.2) is 14.9 Å². The molecule has 0 bridgehead atoms. The predicted octanol–water partition coefficient (Wildman–Crippen LogP) is 2.88. The van der Waals surface area contributed by atoms with E-state index in [2.05, 4.69) is 0 Å². The number of ether oxygens (including phenoxy) is 1. The molecular weight excluding hydrogens is 388 g/mol. The van der Waals surface area contributed by atoms with Crippen LogP contribution in [0.5, 0.6) is 0 Å². The molecule has 1 saturated carbocycles. The lowest BCUT2D eigenvalue weighted by Gasteiger charge is -2.39. The van der Waals surface area contributed by atoms with Crippen molar-refractivity contribution in [3.8, 4) is 0 Å². The van der Waals surface area contributed by atoms with E-state index in [-0.39, 0.29) is 16.6 Å². The average molecular weight is 411 g/mol. The Hall–Kier alpha value is -2.00. The van der Waals surface area contributed by atoms with Gasteiger partial charge in [-0.25, -0.2) is 13.2 Å². The van der Waals surface area contributed by atoms with Crippen molar-refractivity contribution < 1.29 is 22.7 Å². The first kappa shape index (κ1) is 19.8. The highest BCUT2D eigenvalue weighted by atomic mass is 32.2. The van der Waals surface area contributed by atoms with E-state index in [4.69, 9.17) is 17.0 Å². The normalized spacial score (nSPS) is 19.6. The van der Waals surface area contributed by atoms with E-state index < -0.39 is 27.4 Å². The van der Waals surface area contributed by atoms with Gasteiger partial charge in [0.25, 0.3) is 5.91 Å². The van der Waals surface area contributed by atoms with Crippen LogP contribution in [-0.4, -0.2) is 48.8 Å². The van der Waals surface area contributed by atoms with Crippen LogP contribution in [0.2, 0.25) is 0 Å². The van der Waals surface area contributed by atoms with Crippen molar-refractivity contribution in [3.63, 3.8) is 0 Å². The maximum atomic E-state index is 13.3. The number of para-hydroxylation sites is 1. The number of carbonyl (C=O) groups is 2. The molecule has 0 radical (unpaired) electrons. The molecule has 0 atom stereocenters. The Morgan fingerprint density at radius 1 is 1.22 bits per heavy atom. The van der Waals surface area contributed by atoms with Crippen molar-refractivity contribution >= 4 is 44.9 Å². The van der Waals surface area contributed by atoms with Crippen molar-refractivity contribution in [2.75, 3.05) is 17.8 Å². The Bertz CT molecular complexity index is 891. The number of benzene rings is 1. The quantitative estimate of drug-likeness (QED) is 0.709. The summed E-state index contributed by atoms with van der Waals surface area (Å²) in [6, 6.07) is 6.43. The maximum absolute atomic E-state index is 13.3. The van der Waals surface area contributed by atoms with Crippen LogP contribution in [0.4, 0.5) is 10.5 Å². The van der Waals surface area contributed by atoms with Gasteiger partial charge in [-0.05, 0) is 44.1 Å². The van der Waals surface area contributed by atoms with Crippen LogP contribution < -0.4 is 4.90 Å². The van der Waals surface area contributed by atoms with Crippen molar-refractivity contribution in [3.05, 3.63) is 24.3 Å². The molecule has 1 aliphatic heterocycles. The second-order valence-electron chi connectivity index (χ2n) is 6.79. The summed E-state index contributed by atoms with van der Waals surface area (Å²) >= 11 is 5.48. The fourth-order valence-corrected chi connectivity index (χ4v) is 5.18. The van der Waals surface area contributed by atoms with Gasteiger partial charge in [-0.3, -0.25) is 4.79 Å². The number of rotatable bonds is 3. The summed E-state index contributed by atoms with van der Waals surface area (Å²) in [5.41, 5.74) is -0.727. The molecule has 146 valence electrons. The fourth-order valence-electron chi connectivity index (χ4n) is 3.89. The number of carbonyl (C=O) groups excluding carboxylic acids is 2. The van der Waals surface area contributed by atoms with Crippen LogP contribution in [0.25, 0.3) is 0 Å². The number of nitrogens with zero attached hydrogens (tertiary/aromatic N) is 2. The molecule has 9 heteroatoms. The lowest BCUT2D eigenvalue weighted by molar-refractivity contribution is -0.130. The molecule has 7 nitrogen and oxygen atoms in total. The monoisotopic (exact) mass is 410 g/mol. The molecule has 2 fully saturated rings. The van der Waals surface area contributed by atoms with Crippen LogP contribution in [0, 0.1) is 0 Å². The van der Waals surface area contributed by atoms with E-state index in [1.165, 1.54) is 6.07 Å². The lowest BCUT2D eigenvalue weighted by atomic mass is 9.80. The van der Waals surface area contributed by atoms with Crippen molar-refractivity contribution in [2.45, 2.75) is 49.5 Å². The van der Waals surface area contributed by atoms with Crippen LogP contribution in [-0.2, 0) is 19.4 Å². The first-order valence-corrected chi connectivity index (χ1v) is 11.2. The minimum Gasteiger partial charge on any atom is -0.449 e. The van der Waals surface area contributed by atoms with Crippen molar-refractivity contribution in [1.29, 1.82) is 0 Å². The molecular formula is C18H22N2O5S2. The molecule has 1 aromatic rings.